The lowest BCUT2D eigenvalue weighted by molar-refractivity contribution is 0.473. The van der Waals surface area contributed by atoms with Gasteiger partial charge in [0.2, 0.25) is 0 Å². The zero-order chi connectivity index (χ0) is 9.42. The minimum atomic E-state index is -0.461. The second-order valence-corrected chi connectivity index (χ2v) is 2.70. The molecule has 0 saturated carbocycles. The Kier molecular flexibility index (Phi) is 1.48. The Hall–Kier alpha value is -1.97. The van der Waals surface area contributed by atoms with Crippen molar-refractivity contribution < 1.29 is 9.52 Å². The summed E-state index contributed by atoms with van der Waals surface area (Å²) in [6.45, 7) is 0. The van der Waals surface area contributed by atoms with Gasteiger partial charge in [0, 0.05) is 29.3 Å². The number of hydrogen-bond donors (Lipinski definition) is 2. The lowest BCUT2D eigenvalue weighted by Crippen LogP contribution is -1.96. The Balaban J connectivity index is 2.94. The molecule has 0 atom stereocenters. The highest BCUT2D eigenvalue weighted by Crippen LogP contribution is 2.24. The molecular formula is C9H7NO3. The number of benzene rings is 1. The first-order valence-electron chi connectivity index (χ1n) is 3.69. The van der Waals surface area contributed by atoms with E-state index >= 15 is 0 Å². The predicted molar refractivity (Wildman–Crippen MR) is 48.6 cm³/mol. The Morgan fingerprint density at radius 1 is 1.31 bits per heavy atom. The van der Waals surface area contributed by atoms with E-state index in [1.54, 1.807) is 6.07 Å². The molecule has 1 aromatic heterocycles. The van der Waals surface area contributed by atoms with Gasteiger partial charge < -0.3 is 15.3 Å². The zero-order valence-electron chi connectivity index (χ0n) is 6.65. The fraction of sp³-hybridized carbons (Fsp3) is 0. The van der Waals surface area contributed by atoms with Gasteiger partial charge in [-0.25, -0.2) is 4.79 Å². The number of nitrogen functional groups attached to an aromatic ring is 1. The van der Waals surface area contributed by atoms with Crippen LogP contribution in [0, 0.1) is 0 Å². The maximum atomic E-state index is 10.8. The van der Waals surface area contributed by atoms with Gasteiger partial charge in [-0.05, 0) is 6.07 Å². The summed E-state index contributed by atoms with van der Waals surface area (Å²) in [5.74, 6) is -0.0145. The normalized spacial score (nSPS) is 10.5. The Morgan fingerprint density at radius 2 is 2.08 bits per heavy atom. The molecular weight excluding hydrogens is 170 g/mol. The van der Waals surface area contributed by atoms with Crippen LogP contribution in [0.3, 0.4) is 0 Å². The van der Waals surface area contributed by atoms with Gasteiger partial charge in [-0.2, -0.15) is 0 Å². The molecule has 0 fully saturated rings. The zero-order valence-corrected chi connectivity index (χ0v) is 6.65. The third-order valence-electron chi connectivity index (χ3n) is 1.76. The minimum absolute atomic E-state index is 0.0145. The van der Waals surface area contributed by atoms with Crippen molar-refractivity contribution in [2.75, 3.05) is 5.73 Å². The summed E-state index contributed by atoms with van der Waals surface area (Å²) in [7, 11) is 0. The summed E-state index contributed by atoms with van der Waals surface area (Å²) in [5.41, 5.74) is 5.81. The molecule has 2 aromatic rings. The largest absolute Gasteiger partial charge is 0.508 e. The van der Waals surface area contributed by atoms with Crippen LogP contribution >= 0.6 is 0 Å². The number of phenolic OH excluding ortho intramolecular Hbond substituents is 1. The van der Waals surface area contributed by atoms with E-state index in [1.165, 1.54) is 18.2 Å². The Bertz CT molecular complexity index is 516. The van der Waals surface area contributed by atoms with Crippen molar-refractivity contribution in [2.24, 2.45) is 0 Å². The number of aromatic hydroxyl groups is 1. The second kappa shape index (κ2) is 2.52. The first-order valence-corrected chi connectivity index (χ1v) is 3.69. The third kappa shape index (κ3) is 1.22. The van der Waals surface area contributed by atoms with Crippen molar-refractivity contribution in [1.29, 1.82) is 0 Å². The summed E-state index contributed by atoms with van der Waals surface area (Å²) < 4.78 is 4.83. The van der Waals surface area contributed by atoms with Crippen LogP contribution in [0.25, 0.3) is 11.0 Å². The van der Waals surface area contributed by atoms with Gasteiger partial charge in [-0.1, -0.05) is 0 Å². The van der Waals surface area contributed by atoms with Crippen LogP contribution in [0.4, 0.5) is 5.69 Å². The van der Waals surface area contributed by atoms with Crippen molar-refractivity contribution in [1.82, 2.24) is 0 Å². The van der Waals surface area contributed by atoms with Crippen LogP contribution in [0.5, 0.6) is 5.75 Å². The number of phenols is 1. The molecule has 0 bridgehead atoms. The molecule has 0 unspecified atom stereocenters. The van der Waals surface area contributed by atoms with Gasteiger partial charge >= 0.3 is 5.63 Å². The predicted octanol–water partition coefficient (Wildman–Crippen LogP) is 1.08. The molecule has 1 aromatic carbocycles. The quantitative estimate of drug-likeness (QED) is 0.466. The average molecular weight is 177 g/mol. The van der Waals surface area contributed by atoms with Gasteiger partial charge in [0.15, 0.2) is 0 Å². The maximum Gasteiger partial charge on any atom is 0.336 e. The molecule has 3 N–H and O–H groups in total. The van der Waals surface area contributed by atoms with Crippen LogP contribution < -0.4 is 11.4 Å². The number of nitrogens with two attached hydrogens (primary N) is 1. The molecule has 66 valence electrons. The van der Waals surface area contributed by atoms with Crippen molar-refractivity contribution >= 4 is 16.7 Å². The van der Waals surface area contributed by atoms with Crippen LogP contribution in [-0.4, -0.2) is 5.11 Å². The van der Waals surface area contributed by atoms with Crippen molar-refractivity contribution in [2.45, 2.75) is 0 Å². The highest BCUT2D eigenvalue weighted by molar-refractivity contribution is 5.89. The topological polar surface area (TPSA) is 76.5 Å². The number of rotatable bonds is 0. The highest BCUT2D eigenvalue weighted by Gasteiger charge is 2.02. The number of hydrogen-bond acceptors (Lipinski definition) is 4. The summed E-state index contributed by atoms with van der Waals surface area (Å²) in [6, 6.07) is 5.61. The van der Waals surface area contributed by atoms with Crippen molar-refractivity contribution in [3.05, 3.63) is 34.7 Å². The van der Waals surface area contributed by atoms with Crippen molar-refractivity contribution in [3.63, 3.8) is 0 Å². The molecule has 0 aliphatic heterocycles. The fourth-order valence-corrected chi connectivity index (χ4v) is 1.19. The van der Waals surface area contributed by atoms with E-state index in [0.29, 0.717) is 16.7 Å². The lowest BCUT2D eigenvalue weighted by atomic mass is 10.2. The first-order chi connectivity index (χ1) is 6.16. The van der Waals surface area contributed by atoms with E-state index < -0.39 is 5.63 Å². The monoisotopic (exact) mass is 177 g/mol. The van der Waals surface area contributed by atoms with Gasteiger partial charge in [0.1, 0.15) is 11.3 Å². The smallest absolute Gasteiger partial charge is 0.336 e. The van der Waals surface area contributed by atoms with E-state index in [2.05, 4.69) is 0 Å². The van der Waals surface area contributed by atoms with Gasteiger partial charge in [0.05, 0.1) is 0 Å². The molecule has 2 rings (SSSR count). The molecule has 1 heterocycles. The highest BCUT2D eigenvalue weighted by atomic mass is 16.4. The molecule has 0 spiro atoms. The van der Waals surface area contributed by atoms with E-state index in [-0.39, 0.29) is 5.75 Å². The van der Waals surface area contributed by atoms with E-state index in [0.717, 1.165) is 0 Å². The Labute approximate surface area is 73.2 Å². The summed E-state index contributed by atoms with van der Waals surface area (Å²) in [5, 5.41) is 9.78. The van der Waals surface area contributed by atoms with E-state index in [4.69, 9.17) is 15.3 Å². The molecule has 0 amide bonds. The standard InChI is InChI=1S/C9H7NO3/c10-7-3-5(11)4-8-6(7)1-2-9(12)13-8/h1-4,11H,10H2. The fourth-order valence-electron chi connectivity index (χ4n) is 1.19. The molecule has 0 saturated heterocycles. The second-order valence-electron chi connectivity index (χ2n) is 2.70. The summed E-state index contributed by atoms with van der Waals surface area (Å²) in [6.07, 6.45) is 0. The number of fused-ring (bicyclic) bond motifs is 1. The van der Waals surface area contributed by atoms with Gasteiger partial charge in [-0.15, -0.1) is 0 Å². The molecule has 0 radical (unpaired) electrons. The van der Waals surface area contributed by atoms with Gasteiger partial charge in [0.25, 0.3) is 0 Å². The third-order valence-corrected chi connectivity index (χ3v) is 1.76. The summed E-state index contributed by atoms with van der Waals surface area (Å²) in [4.78, 5) is 10.8. The van der Waals surface area contributed by atoms with Gasteiger partial charge in [-0.3, -0.25) is 0 Å². The maximum absolute atomic E-state index is 10.8. The van der Waals surface area contributed by atoms with E-state index in [9.17, 15) is 4.79 Å². The first kappa shape index (κ1) is 7.67. The average Bonchev–Trinajstić information content (AvgIpc) is 2.02. The van der Waals surface area contributed by atoms with Crippen LogP contribution in [-0.2, 0) is 0 Å². The SMILES string of the molecule is Nc1cc(O)cc2oc(=O)ccc12. The molecule has 4 nitrogen and oxygen atoms in total. The molecule has 4 heteroatoms. The summed E-state index contributed by atoms with van der Waals surface area (Å²) >= 11 is 0. The molecule has 13 heavy (non-hydrogen) atoms. The molecule has 0 aliphatic rings. The molecule has 0 aliphatic carbocycles. The van der Waals surface area contributed by atoms with Crippen LogP contribution in [0.1, 0.15) is 0 Å². The van der Waals surface area contributed by atoms with E-state index in [1.807, 2.05) is 0 Å². The van der Waals surface area contributed by atoms with Crippen LogP contribution in [0.2, 0.25) is 0 Å². The minimum Gasteiger partial charge on any atom is -0.508 e. The van der Waals surface area contributed by atoms with Crippen molar-refractivity contribution in [3.8, 4) is 5.75 Å². The lowest BCUT2D eigenvalue weighted by Gasteiger charge is -2.00. The number of anilines is 1. The van der Waals surface area contributed by atoms with Crippen LogP contribution in [0.15, 0.2) is 33.5 Å². The Morgan fingerprint density at radius 3 is 2.85 bits per heavy atom.